The second-order valence-corrected chi connectivity index (χ2v) is 11.1. The highest BCUT2D eigenvalue weighted by Crippen LogP contribution is 2.26. The third-order valence-electron chi connectivity index (χ3n) is 8.24. The molecule has 216 valence electrons. The molecule has 0 saturated carbocycles. The van der Waals surface area contributed by atoms with Gasteiger partial charge in [-0.3, -0.25) is 9.78 Å². The summed E-state index contributed by atoms with van der Waals surface area (Å²) in [6.45, 7) is 6.23. The summed E-state index contributed by atoms with van der Waals surface area (Å²) in [6.07, 6.45) is 9.32. The van der Waals surface area contributed by atoms with Gasteiger partial charge in [0.2, 0.25) is 5.95 Å². The molecule has 1 amide bonds. The number of imidazole rings is 1. The standard InChI is InChI=1S/C34H38N6O2/c1-37(33(41)28-9-3-2-4-10-28)25-30(29-11-7-16-35-23-29)14-19-38-17-8-18-39(21-20-38)34-36-31-12-5-6-13-32(31)40(34)24-27-15-22-42-26-27/h2-7,9-13,15-16,22-23,26,30H,8,14,17-21,24-25H2,1H3. The zero-order valence-electron chi connectivity index (χ0n) is 24.2. The maximum atomic E-state index is 13.1. The minimum atomic E-state index is 0.0493. The van der Waals surface area contributed by atoms with E-state index in [9.17, 15) is 4.79 Å². The van der Waals surface area contributed by atoms with Gasteiger partial charge in [0.1, 0.15) is 0 Å². The molecule has 2 aromatic carbocycles. The Morgan fingerprint density at radius 3 is 2.64 bits per heavy atom. The van der Waals surface area contributed by atoms with E-state index in [1.54, 1.807) is 6.26 Å². The lowest BCUT2D eigenvalue weighted by Crippen LogP contribution is -2.35. The molecule has 0 bridgehead atoms. The number of nitrogens with zero attached hydrogens (tertiary/aromatic N) is 6. The van der Waals surface area contributed by atoms with Crippen LogP contribution in [-0.2, 0) is 6.54 Å². The second kappa shape index (κ2) is 13.0. The van der Waals surface area contributed by atoms with E-state index in [2.05, 4.69) is 49.7 Å². The molecule has 5 aromatic rings. The van der Waals surface area contributed by atoms with Crippen LogP contribution < -0.4 is 4.90 Å². The third kappa shape index (κ3) is 6.39. The molecule has 0 radical (unpaired) electrons. The number of benzene rings is 2. The number of pyridine rings is 1. The molecule has 0 spiro atoms. The minimum absolute atomic E-state index is 0.0493. The highest BCUT2D eigenvalue weighted by Gasteiger charge is 2.23. The second-order valence-electron chi connectivity index (χ2n) is 11.1. The lowest BCUT2D eigenvalue weighted by Gasteiger charge is -2.28. The number of furan rings is 1. The van der Waals surface area contributed by atoms with E-state index >= 15 is 0 Å². The zero-order chi connectivity index (χ0) is 28.7. The van der Waals surface area contributed by atoms with Crippen molar-refractivity contribution in [2.45, 2.75) is 25.3 Å². The number of fused-ring (bicyclic) bond motifs is 1. The number of anilines is 1. The fourth-order valence-corrected chi connectivity index (χ4v) is 5.95. The first-order chi connectivity index (χ1) is 20.7. The van der Waals surface area contributed by atoms with Crippen LogP contribution in [0.4, 0.5) is 5.95 Å². The smallest absolute Gasteiger partial charge is 0.253 e. The number of carbonyl (C=O) groups is 1. The lowest BCUT2D eigenvalue weighted by atomic mass is 9.96. The predicted octanol–water partition coefficient (Wildman–Crippen LogP) is 5.53. The molecule has 4 heterocycles. The van der Waals surface area contributed by atoms with Gasteiger partial charge in [0.05, 0.1) is 30.1 Å². The summed E-state index contributed by atoms with van der Waals surface area (Å²) in [5.41, 5.74) is 5.19. The quantitative estimate of drug-likeness (QED) is 0.223. The first-order valence-electron chi connectivity index (χ1n) is 14.8. The fraction of sp³-hybridized carbons (Fsp3) is 0.324. The average Bonchev–Trinajstić information content (AvgIpc) is 3.62. The summed E-state index contributed by atoms with van der Waals surface area (Å²) in [5.74, 6) is 1.27. The Kier molecular flexibility index (Phi) is 8.61. The molecule has 42 heavy (non-hydrogen) atoms. The summed E-state index contributed by atoms with van der Waals surface area (Å²) in [5, 5.41) is 0. The number of hydrogen-bond donors (Lipinski definition) is 0. The van der Waals surface area contributed by atoms with E-state index in [4.69, 9.17) is 9.40 Å². The van der Waals surface area contributed by atoms with E-state index in [0.29, 0.717) is 6.54 Å². The van der Waals surface area contributed by atoms with Crippen molar-refractivity contribution in [1.82, 2.24) is 24.3 Å². The van der Waals surface area contributed by atoms with Gasteiger partial charge in [-0.25, -0.2) is 4.98 Å². The van der Waals surface area contributed by atoms with Crippen LogP contribution in [0.25, 0.3) is 11.0 Å². The van der Waals surface area contributed by atoms with Gasteiger partial charge < -0.3 is 23.7 Å². The summed E-state index contributed by atoms with van der Waals surface area (Å²) in [7, 11) is 1.90. The lowest BCUT2D eigenvalue weighted by molar-refractivity contribution is 0.0782. The van der Waals surface area contributed by atoms with Gasteiger partial charge in [-0.1, -0.05) is 36.4 Å². The van der Waals surface area contributed by atoms with Crippen LogP contribution in [0.15, 0.2) is 102 Å². The van der Waals surface area contributed by atoms with Gasteiger partial charge >= 0.3 is 0 Å². The van der Waals surface area contributed by atoms with E-state index in [1.807, 2.05) is 73.1 Å². The minimum Gasteiger partial charge on any atom is -0.472 e. The van der Waals surface area contributed by atoms with E-state index in [-0.39, 0.29) is 11.8 Å². The van der Waals surface area contributed by atoms with E-state index in [0.717, 1.165) is 80.2 Å². The first kappa shape index (κ1) is 27.7. The van der Waals surface area contributed by atoms with E-state index < -0.39 is 0 Å². The SMILES string of the molecule is CN(CC(CCN1CCCN(c2nc3ccccc3n2Cc2ccoc2)CC1)c1cccnc1)C(=O)c1ccccc1. The Labute approximate surface area is 247 Å². The molecule has 8 heteroatoms. The van der Waals surface area contributed by atoms with Crippen LogP contribution in [-0.4, -0.2) is 76.6 Å². The molecule has 1 saturated heterocycles. The number of hydrogen-bond acceptors (Lipinski definition) is 6. The van der Waals surface area contributed by atoms with Crippen LogP contribution in [0.3, 0.4) is 0 Å². The van der Waals surface area contributed by atoms with Crippen LogP contribution in [0, 0.1) is 0 Å². The van der Waals surface area contributed by atoms with E-state index in [1.165, 1.54) is 5.56 Å². The third-order valence-corrected chi connectivity index (χ3v) is 8.24. The highest BCUT2D eigenvalue weighted by atomic mass is 16.3. The van der Waals surface area contributed by atoms with Crippen LogP contribution in [0.2, 0.25) is 0 Å². The molecule has 1 aliphatic rings. The summed E-state index contributed by atoms with van der Waals surface area (Å²) < 4.78 is 7.67. The average molecular weight is 563 g/mol. The largest absolute Gasteiger partial charge is 0.472 e. The Hall–Kier alpha value is -4.43. The molecule has 1 atom stereocenters. The Morgan fingerprint density at radius 1 is 0.976 bits per heavy atom. The van der Waals surface area contributed by atoms with Crippen molar-refractivity contribution < 1.29 is 9.21 Å². The molecule has 1 aliphatic heterocycles. The van der Waals surface area contributed by atoms with Crippen molar-refractivity contribution >= 4 is 22.9 Å². The molecule has 1 fully saturated rings. The molecular formula is C34H38N6O2. The topological polar surface area (TPSA) is 70.6 Å². The van der Waals surface area contributed by atoms with Crippen LogP contribution >= 0.6 is 0 Å². The van der Waals surface area contributed by atoms with Crippen molar-refractivity contribution in [2.75, 3.05) is 51.2 Å². The van der Waals surface area contributed by atoms with Crippen molar-refractivity contribution in [3.8, 4) is 0 Å². The van der Waals surface area contributed by atoms with Gasteiger partial charge in [0.15, 0.2) is 0 Å². The van der Waals surface area contributed by atoms with Crippen LogP contribution in [0.5, 0.6) is 0 Å². The number of para-hydroxylation sites is 2. The predicted molar refractivity (Wildman–Crippen MR) is 166 cm³/mol. The monoisotopic (exact) mass is 562 g/mol. The maximum Gasteiger partial charge on any atom is 0.253 e. The number of likely N-dealkylation sites (N-methyl/N-ethyl adjacent to an activating group) is 1. The zero-order valence-corrected chi connectivity index (χ0v) is 24.2. The van der Waals surface area contributed by atoms with Crippen molar-refractivity contribution in [3.05, 3.63) is 114 Å². The molecule has 3 aromatic heterocycles. The van der Waals surface area contributed by atoms with Gasteiger partial charge in [0, 0.05) is 62.7 Å². The molecule has 8 nitrogen and oxygen atoms in total. The fourth-order valence-electron chi connectivity index (χ4n) is 5.95. The van der Waals surface area contributed by atoms with Crippen molar-refractivity contribution in [3.63, 3.8) is 0 Å². The maximum absolute atomic E-state index is 13.1. The van der Waals surface area contributed by atoms with Crippen molar-refractivity contribution in [2.24, 2.45) is 0 Å². The first-order valence-corrected chi connectivity index (χ1v) is 14.8. The Balaban J connectivity index is 1.13. The Morgan fingerprint density at radius 2 is 1.83 bits per heavy atom. The van der Waals surface area contributed by atoms with Crippen LogP contribution in [0.1, 0.15) is 40.2 Å². The molecular weight excluding hydrogens is 524 g/mol. The summed E-state index contributed by atoms with van der Waals surface area (Å²) in [4.78, 5) is 29.4. The van der Waals surface area contributed by atoms with Gasteiger partial charge in [0.25, 0.3) is 5.91 Å². The highest BCUT2D eigenvalue weighted by molar-refractivity contribution is 5.94. The normalized spacial score (nSPS) is 15.0. The number of carbonyl (C=O) groups excluding carboxylic acids is 1. The number of aromatic nitrogens is 3. The van der Waals surface area contributed by atoms with Gasteiger partial charge in [-0.2, -0.15) is 0 Å². The molecule has 1 unspecified atom stereocenters. The summed E-state index contributed by atoms with van der Waals surface area (Å²) >= 11 is 0. The molecule has 0 aliphatic carbocycles. The van der Waals surface area contributed by atoms with Crippen molar-refractivity contribution in [1.29, 1.82) is 0 Å². The molecule has 0 N–H and O–H groups in total. The summed E-state index contributed by atoms with van der Waals surface area (Å²) in [6, 6.07) is 24.0. The number of amides is 1. The number of rotatable bonds is 10. The molecule has 6 rings (SSSR count). The van der Waals surface area contributed by atoms with Gasteiger partial charge in [-0.15, -0.1) is 0 Å². The Bertz CT molecular complexity index is 1570. The van der Waals surface area contributed by atoms with Gasteiger partial charge in [-0.05, 0) is 67.9 Å².